The lowest BCUT2D eigenvalue weighted by atomic mass is 10.1. The molecule has 1 amide bonds. The normalized spacial score (nSPS) is 9.72. The van der Waals surface area contributed by atoms with Crippen LogP contribution in [-0.4, -0.2) is 5.91 Å². The van der Waals surface area contributed by atoms with E-state index in [-0.39, 0.29) is 5.91 Å². The second kappa shape index (κ2) is 5.99. The third-order valence-corrected chi connectivity index (χ3v) is 3.25. The van der Waals surface area contributed by atoms with Crippen LogP contribution < -0.4 is 5.32 Å². The third-order valence-electron chi connectivity index (χ3n) is 2.52. The Morgan fingerprint density at radius 3 is 2.61 bits per heavy atom. The predicted octanol–water partition coefficient (Wildman–Crippen LogP) is 2.48. The van der Waals surface area contributed by atoms with Crippen molar-refractivity contribution in [3.05, 3.63) is 57.8 Å². The molecule has 2 rings (SSSR count). The monoisotopic (exact) mass is 256 g/mol. The van der Waals surface area contributed by atoms with Gasteiger partial charge in [-0.05, 0) is 40.1 Å². The number of nitrogens with zero attached hydrogens (tertiary/aromatic N) is 1. The smallest absolute Gasteiger partial charge is 0.224 e. The Hall–Kier alpha value is -2.12. The van der Waals surface area contributed by atoms with Gasteiger partial charge in [0.1, 0.15) is 0 Å². The first-order valence-corrected chi connectivity index (χ1v) is 6.49. The molecule has 1 aromatic carbocycles. The molecule has 0 aliphatic heterocycles. The Kier molecular flexibility index (Phi) is 4.11. The van der Waals surface area contributed by atoms with E-state index in [9.17, 15) is 4.79 Å². The zero-order valence-electron chi connectivity index (χ0n) is 9.72. The highest BCUT2D eigenvalue weighted by Gasteiger charge is 2.03. The largest absolute Gasteiger partial charge is 0.352 e. The molecule has 0 aliphatic carbocycles. The molecule has 0 spiro atoms. The molecule has 0 saturated heterocycles. The van der Waals surface area contributed by atoms with Crippen molar-refractivity contribution in [3.8, 4) is 6.07 Å². The summed E-state index contributed by atoms with van der Waals surface area (Å²) in [5.41, 5.74) is 2.64. The number of nitriles is 1. The maximum absolute atomic E-state index is 11.7. The fraction of sp³-hybridized carbons (Fsp3) is 0.143. The lowest BCUT2D eigenvalue weighted by molar-refractivity contribution is -0.120. The molecule has 1 heterocycles. The number of carbonyl (C=O) groups is 1. The SMILES string of the molecule is N#Cc1ccc(CC(=O)NCc2ccsc2)cc1. The average Bonchev–Trinajstić information content (AvgIpc) is 2.90. The van der Waals surface area contributed by atoms with Gasteiger partial charge < -0.3 is 5.32 Å². The van der Waals surface area contributed by atoms with Gasteiger partial charge in [0.05, 0.1) is 18.1 Å². The Labute approximate surface area is 110 Å². The summed E-state index contributed by atoms with van der Waals surface area (Å²) in [4.78, 5) is 11.7. The number of amides is 1. The summed E-state index contributed by atoms with van der Waals surface area (Å²) in [7, 11) is 0. The summed E-state index contributed by atoms with van der Waals surface area (Å²) < 4.78 is 0. The van der Waals surface area contributed by atoms with Crippen LogP contribution in [0.1, 0.15) is 16.7 Å². The van der Waals surface area contributed by atoms with Crippen molar-refractivity contribution in [2.45, 2.75) is 13.0 Å². The molecule has 2 aromatic rings. The molecule has 0 bridgehead atoms. The predicted molar refractivity (Wildman–Crippen MR) is 71.0 cm³/mol. The molecule has 1 N–H and O–H groups in total. The molecule has 0 unspecified atom stereocenters. The number of carbonyl (C=O) groups excluding carboxylic acids is 1. The summed E-state index contributed by atoms with van der Waals surface area (Å²) in [6.45, 7) is 0.568. The summed E-state index contributed by atoms with van der Waals surface area (Å²) in [5.74, 6) is -0.00842. The molecule has 0 atom stereocenters. The van der Waals surface area contributed by atoms with Gasteiger partial charge in [-0.3, -0.25) is 4.79 Å². The van der Waals surface area contributed by atoms with E-state index in [1.54, 1.807) is 23.5 Å². The minimum Gasteiger partial charge on any atom is -0.352 e. The van der Waals surface area contributed by atoms with Crippen LogP contribution in [-0.2, 0) is 17.8 Å². The van der Waals surface area contributed by atoms with Crippen molar-refractivity contribution >= 4 is 17.2 Å². The van der Waals surface area contributed by atoms with Crippen LogP contribution >= 0.6 is 11.3 Å². The summed E-state index contributed by atoms with van der Waals surface area (Å²) in [5, 5.41) is 15.5. The molecular formula is C14H12N2OS. The highest BCUT2D eigenvalue weighted by Crippen LogP contribution is 2.06. The summed E-state index contributed by atoms with van der Waals surface area (Å²) in [6, 6.07) is 11.1. The lowest BCUT2D eigenvalue weighted by Crippen LogP contribution is -2.24. The van der Waals surface area contributed by atoms with Gasteiger partial charge in [-0.1, -0.05) is 12.1 Å². The Morgan fingerprint density at radius 1 is 1.22 bits per heavy atom. The molecule has 0 aliphatic rings. The fourth-order valence-corrected chi connectivity index (χ4v) is 2.21. The van der Waals surface area contributed by atoms with E-state index in [0.717, 1.165) is 11.1 Å². The number of hydrogen-bond donors (Lipinski definition) is 1. The average molecular weight is 256 g/mol. The Morgan fingerprint density at radius 2 is 2.00 bits per heavy atom. The van der Waals surface area contributed by atoms with Gasteiger partial charge in [0, 0.05) is 6.54 Å². The van der Waals surface area contributed by atoms with Gasteiger partial charge in [-0.15, -0.1) is 0 Å². The van der Waals surface area contributed by atoms with Crippen LogP contribution in [0.2, 0.25) is 0 Å². The van der Waals surface area contributed by atoms with Gasteiger partial charge in [0.2, 0.25) is 5.91 Å². The van der Waals surface area contributed by atoms with E-state index in [1.165, 1.54) is 0 Å². The molecule has 18 heavy (non-hydrogen) atoms. The van der Waals surface area contributed by atoms with Crippen LogP contribution in [0, 0.1) is 11.3 Å². The zero-order valence-corrected chi connectivity index (χ0v) is 10.5. The molecule has 0 fully saturated rings. The van der Waals surface area contributed by atoms with Crippen LogP contribution in [0.3, 0.4) is 0 Å². The van der Waals surface area contributed by atoms with Crippen LogP contribution in [0.4, 0.5) is 0 Å². The second-order valence-electron chi connectivity index (χ2n) is 3.89. The number of nitrogens with one attached hydrogen (secondary N) is 1. The van der Waals surface area contributed by atoms with E-state index < -0.39 is 0 Å². The van der Waals surface area contributed by atoms with Gasteiger partial charge in [0.15, 0.2) is 0 Å². The topological polar surface area (TPSA) is 52.9 Å². The van der Waals surface area contributed by atoms with Gasteiger partial charge in [-0.25, -0.2) is 0 Å². The van der Waals surface area contributed by atoms with Crippen molar-refractivity contribution in [2.75, 3.05) is 0 Å². The standard InChI is InChI=1S/C14H12N2OS/c15-8-12-3-1-11(2-4-12)7-14(17)16-9-13-5-6-18-10-13/h1-6,10H,7,9H2,(H,16,17). The zero-order chi connectivity index (χ0) is 12.8. The first-order valence-electron chi connectivity index (χ1n) is 5.55. The third kappa shape index (κ3) is 3.44. The summed E-state index contributed by atoms with van der Waals surface area (Å²) >= 11 is 1.62. The molecule has 1 aromatic heterocycles. The van der Waals surface area contributed by atoms with Gasteiger partial charge >= 0.3 is 0 Å². The number of hydrogen-bond acceptors (Lipinski definition) is 3. The highest BCUT2D eigenvalue weighted by atomic mass is 32.1. The minimum atomic E-state index is -0.00842. The number of rotatable bonds is 4. The van der Waals surface area contributed by atoms with Crippen molar-refractivity contribution in [1.82, 2.24) is 5.32 Å². The molecule has 0 radical (unpaired) electrons. The molecule has 4 heteroatoms. The first kappa shape index (κ1) is 12.3. The van der Waals surface area contributed by atoms with Crippen LogP contribution in [0.5, 0.6) is 0 Å². The van der Waals surface area contributed by atoms with Crippen molar-refractivity contribution in [3.63, 3.8) is 0 Å². The molecule has 0 saturated carbocycles. The van der Waals surface area contributed by atoms with E-state index >= 15 is 0 Å². The second-order valence-corrected chi connectivity index (χ2v) is 4.67. The van der Waals surface area contributed by atoms with Crippen molar-refractivity contribution < 1.29 is 4.79 Å². The van der Waals surface area contributed by atoms with Crippen molar-refractivity contribution in [2.24, 2.45) is 0 Å². The lowest BCUT2D eigenvalue weighted by Gasteiger charge is -2.04. The van der Waals surface area contributed by atoms with E-state index in [4.69, 9.17) is 5.26 Å². The molecule has 3 nitrogen and oxygen atoms in total. The minimum absolute atomic E-state index is 0.00842. The number of thiophene rings is 1. The number of benzene rings is 1. The maximum atomic E-state index is 11.7. The van der Waals surface area contributed by atoms with Crippen LogP contribution in [0.15, 0.2) is 41.1 Å². The van der Waals surface area contributed by atoms with E-state index in [0.29, 0.717) is 18.5 Å². The molecule has 90 valence electrons. The maximum Gasteiger partial charge on any atom is 0.224 e. The van der Waals surface area contributed by atoms with Gasteiger partial charge in [0.25, 0.3) is 0 Å². The molecular weight excluding hydrogens is 244 g/mol. The van der Waals surface area contributed by atoms with Crippen LogP contribution in [0.25, 0.3) is 0 Å². The summed E-state index contributed by atoms with van der Waals surface area (Å²) in [6.07, 6.45) is 0.343. The van der Waals surface area contributed by atoms with Crippen molar-refractivity contribution in [1.29, 1.82) is 5.26 Å². The van der Waals surface area contributed by atoms with E-state index in [1.807, 2.05) is 29.0 Å². The fourth-order valence-electron chi connectivity index (χ4n) is 1.54. The van der Waals surface area contributed by atoms with Gasteiger partial charge in [-0.2, -0.15) is 16.6 Å². The quantitative estimate of drug-likeness (QED) is 0.913. The van der Waals surface area contributed by atoms with E-state index in [2.05, 4.69) is 11.4 Å². The Bertz CT molecular complexity index is 552. The first-order chi connectivity index (χ1) is 8.78. The highest BCUT2D eigenvalue weighted by molar-refractivity contribution is 7.07. The Balaban J connectivity index is 1.85.